The summed E-state index contributed by atoms with van der Waals surface area (Å²) in [4.78, 5) is 8.44. The van der Waals surface area contributed by atoms with Crippen LogP contribution < -0.4 is 10.9 Å². The Labute approximate surface area is 79.2 Å². The van der Waals surface area contributed by atoms with Gasteiger partial charge in [-0.05, 0) is 6.92 Å². The lowest BCUT2D eigenvalue weighted by molar-refractivity contribution is 1.19. The zero-order valence-corrected chi connectivity index (χ0v) is 7.28. The van der Waals surface area contributed by atoms with Crippen LogP contribution in [0.15, 0.2) is 18.3 Å². The Bertz CT molecular complexity index is 468. The molecule has 0 atom stereocenters. The Hall–Kier alpha value is -1.31. The maximum absolute atomic E-state index is 5.74. The number of hydrogen-bond donors (Lipinski definition) is 0. The zero-order valence-electron chi connectivity index (χ0n) is 7.28. The van der Waals surface area contributed by atoms with Crippen molar-refractivity contribution in [3.8, 4) is 0 Å². The molecule has 0 N–H and O–H groups in total. The second-order valence-corrected chi connectivity index (χ2v) is 2.95. The summed E-state index contributed by atoms with van der Waals surface area (Å²) < 4.78 is 0. The fourth-order valence-electron chi connectivity index (χ4n) is 1.23. The molecule has 0 aliphatic carbocycles. The van der Waals surface area contributed by atoms with Gasteiger partial charge in [-0.2, -0.15) is 0 Å². The minimum absolute atomic E-state index is 0.608. The predicted molar refractivity (Wildman–Crippen MR) is 55.1 cm³/mol. The highest BCUT2D eigenvalue weighted by Crippen LogP contribution is 2.02. The molecule has 0 aliphatic heterocycles. The number of nitrogens with zero attached hydrogens (tertiary/aromatic N) is 2. The minimum Gasteiger partial charge on any atom is -0.253 e. The average molecular weight is 164 g/mol. The van der Waals surface area contributed by atoms with Crippen molar-refractivity contribution in [2.45, 2.75) is 6.92 Å². The largest absolute Gasteiger partial charge is 0.253 e. The third-order valence-corrected chi connectivity index (χ3v) is 1.88. The SMILES string of the molecule is [B]c1ccc([B])c2nc(C)cnc12. The lowest BCUT2D eigenvalue weighted by Crippen LogP contribution is -2.15. The Morgan fingerprint density at radius 3 is 2.38 bits per heavy atom. The Kier molecular flexibility index (Phi) is 1.83. The highest BCUT2D eigenvalue weighted by Gasteiger charge is 2.01. The first-order valence-corrected chi connectivity index (χ1v) is 3.96. The van der Waals surface area contributed by atoms with Crippen molar-refractivity contribution in [3.63, 3.8) is 0 Å². The first-order valence-electron chi connectivity index (χ1n) is 3.96. The van der Waals surface area contributed by atoms with E-state index >= 15 is 0 Å². The van der Waals surface area contributed by atoms with Gasteiger partial charge in [0.25, 0.3) is 0 Å². The first-order chi connectivity index (χ1) is 6.18. The highest BCUT2D eigenvalue weighted by molar-refractivity contribution is 6.43. The van der Waals surface area contributed by atoms with E-state index in [1.807, 2.05) is 6.92 Å². The summed E-state index contributed by atoms with van der Waals surface area (Å²) in [7, 11) is 11.5. The van der Waals surface area contributed by atoms with Crippen LogP contribution in [0.25, 0.3) is 11.0 Å². The van der Waals surface area contributed by atoms with E-state index in [1.165, 1.54) is 0 Å². The van der Waals surface area contributed by atoms with Gasteiger partial charge < -0.3 is 0 Å². The van der Waals surface area contributed by atoms with Gasteiger partial charge in [0, 0.05) is 6.20 Å². The molecule has 2 nitrogen and oxygen atoms in total. The summed E-state index contributed by atoms with van der Waals surface area (Å²) >= 11 is 0. The van der Waals surface area contributed by atoms with Gasteiger partial charge in [0.15, 0.2) is 0 Å². The maximum atomic E-state index is 5.74. The molecule has 58 valence electrons. The summed E-state index contributed by atoms with van der Waals surface area (Å²) in [5.74, 6) is 0. The molecule has 4 heteroatoms. The number of hydrogen-bond acceptors (Lipinski definition) is 2. The molecule has 0 aliphatic rings. The first kappa shape index (κ1) is 8.30. The molecular weight excluding hydrogens is 158 g/mol. The Balaban J connectivity index is 2.92. The van der Waals surface area contributed by atoms with Crippen molar-refractivity contribution >= 4 is 37.7 Å². The van der Waals surface area contributed by atoms with Crippen LogP contribution in [0, 0.1) is 6.92 Å². The van der Waals surface area contributed by atoms with Crippen LogP contribution in [0.2, 0.25) is 0 Å². The number of fused-ring (bicyclic) bond motifs is 1. The molecule has 0 saturated carbocycles. The minimum atomic E-state index is 0.608. The molecule has 0 saturated heterocycles. The normalized spacial score (nSPS) is 10.5. The summed E-state index contributed by atoms with van der Waals surface area (Å²) in [5.41, 5.74) is 3.41. The lowest BCUT2D eigenvalue weighted by atomic mass is 9.87. The lowest BCUT2D eigenvalue weighted by Gasteiger charge is -2.04. The zero-order chi connectivity index (χ0) is 9.42. The quantitative estimate of drug-likeness (QED) is 0.491. The third-order valence-electron chi connectivity index (χ3n) is 1.88. The number of rotatable bonds is 0. The molecule has 2 aromatic rings. The Morgan fingerprint density at radius 2 is 1.69 bits per heavy atom. The molecule has 0 spiro atoms. The molecule has 0 bridgehead atoms. The van der Waals surface area contributed by atoms with E-state index < -0.39 is 0 Å². The second-order valence-electron chi connectivity index (χ2n) is 2.95. The molecular formula is C9H6B2N2. The smallest absolute Gasteiger partial charge is 0.116 e. The standard InChI is InChI=1S/C9H6B2N2/c1-5-4-12-8-6(10)2-3-7(11)9(8)13-5/h2-4H,1H3. The second kappa shape index (κ2) is 2.87. The number of aromatic nitrogens is 2. The van der Waals surface area contributed by atoms with E-state index in [9.17, 15) is 0 Å². The van der Waals surface area contributed by atoms with E-state index in [-0.39, 0.29) is 0 Å². The third kappa shape index (κ3) is 1.32. The van der Waals surface area contributed by atoms with Crippen LogP contribution >= 0.6 is 0 Å². The fourth-order valence-corrected chi connectivity index (χ4v) is 1.23. The van der Waals surface area contributed by atoms with Gasteiger partial charge in [-0.1, -0.05) is 23.1 Å². The molecule has 1 heterocycles. The van der Waals surface area contributed by atoms with Gasteiger partial charge in [0.1, 0.15) is 15.7 Å². The maximum Gasteiger partial charge on any atom is 0.116 e. The molecule has 2 rings (SSSR count). The van der Waals surface area contributed by atoms with Crippen molar-refractivity contribution < 1.29 is 0 Å². The predicted octanol–water partition coefficient (Wildman–Crippen LogP) is -0.474. The molecule has 0 fully saturated rings. The van der Waals surface area contributed by atoms with Crippen LogP contribution in [-0.2, 0) is 0 Å². The molecule has 0 unspecified atom stereocenters. The average Bonchev–Trinajstić information content (AvgIpc) is 2.12. The van der Waals surface area contributed by atoms with E-state index in [4.69, 9.17) is 15.7 Å². The number of aryl methyl sites for hydroxylation is 1. The van der Waals surface area contributed by atoms with Crippen molar-refractivity contribution in [2.24, 2.45) is 0 Å². The molecule has 1 aromatic heterocycles. The Morgan fingerprint density at radius 1 is 1.08 bits per heavy atom. The van der Waals surface area contributed by atoms with Crippen molar-refractivity contribution in [2.75, 3.05) is 0 Å². The molecule has 0 amide bonds. The summed E-state index contributed by atoms with van der Waals surface area (Å²) in [5, 5.41) is 0. The van der Waals surface area contributed by atoms with Crippen LogP contribution in [0.5, 0.6) is 0 Å². The van der Waals surface area contributed by atoms with E-state index in [0.29, 0.717) is 22.0 Å². The van der Waals surface area contributed by atoms with Crippen molar-refractivity contribution in [1.29, 1.82) is 0 Å². The van der Waals surface area contributed by atoms with Crippen LogP contribution in [0.4, 0.5) is 0 Å². The van der Waals surface area contributed by atoms with Gasteiger partial charge in [-0.25, -0.2) is 0 Å². The fraction of sp³-hybridized carbons (Fsp3) is 0.111. The van der Waals surface area contributed by atoms with Gasteiger partial charge in [-0.3, -0.25) is 9.97 Å². The molecule has 1 aromatic carbocycles. The van der Waals surface area contributed by atoms with E-state index in [2.05, 4.69) is 9.97 Å². The van der Waals surface area contributed by atoms with Gasteiger partial charge >= 0.3 is 0 Å². The van der Waals surface area contributed by atoms with E-state index in [1.54, 1.807) is 18.3 Å². The monoisotopic (exact) mass is 164 g/mol. The van der Waals surface area contributed by atoms with Crippen LogP contribution in [0.3, 0.4) is 0 Å². The topological polar surface area (TPSA) is 25.8 Å². The van der Waals surface area contributed by atoms with Gasteiger partial charge in [-0.15, -0.1) is 0 Å². The van der Waals surface area contributed by atoms with Crippen LogP contribution in [-0.4, -0.2) is 25.7 Å². The van der Waals surface area contributed by atoms with Crippen LogP contribution in [0.1, 0.15) is 5.69 Å². The molecule has 13 heavy (non-hydrogen) atoms. The van der Waals surface area contributed by atoms with E-state index in [0.717, 1.165) is 5.69 Å². The van der Waals surface area contributed by atoms with Crippen molar-refractivity contribution in [3.05, 3.63) is 24.0 Å². The summed E-state index contributed by atoms with van der Waals surface area (Å²) in [6, 6.07) is 3.48. The summed E-state index contributed by atoms with van der Waals surface area (Å²) in [6.45, 7) is 1.87. The highest BCUT2D eigenvalue weighted by atomic mass is 14.8. The van der Waals surface area contributed by atoms with Gasteiger partial charge in [0.2, 0.25) is 0 Å². The number of benzene rings is 1. The van der Waals surface area contributed by atoms with Crippen molar-refractivity contribution in [1.82, 2.24) is 9.97 Å². The molecule has 4 radical (unpaired) electrons. The van der Waals surface area contributed by atoms with Gasteiger partial charge in [0.05, 0.1) is 16.7 Å². The summed E-state index contributed by atoms with van der Waals surface area (Å²) in [6.07, 6.45) is 1.68.